The van der Waals surface area contributed by atoms with Crippen molar-refractivity contribution in [1.29, 1.82) is 0 Å². The van der Waals surface area contributed by atoms with Gasteiger partial charge in [-0.15, -0.1) is 0 Å². The molecule has 1 atom stereocenters. The maximum absolute atomic E-state index is 5.86. The molecule has 100 valence electrons. The molecule has 0 aliphatic carbocycles. The van der Waals surface area contributed by atoms with Gasteiger partial charge < -0.3 is 10.6 Å². The standard InChI is InChI=1S/C17H22N2/c1-13-4-6-15(7-5-13)12-19(3)17-10-8-16(9-11-17)14(2)18/h4-11,14H,12,18H2,1-3H3. The Kier molecular flexibility index (Phi) is 4.23. The van der Waals surface area contributed by atoms with E-state index in [4.69, 9.17) is 5.73 Å². The molecule has 0 aromatic heterocycles. The van der Waals surface area contributed by atoms with Crippen LogP contribution in [-0.4, -0.2) is 7.05 Å². The van der Waals surface area contributed by atoms with Gasteiger partial charge in [-0.05, 0) is 37.1 Å². The molecule has 2 nitrogen and oxygen atoms in total. The fourth-order valence-corrected chi connectivity index (χ4v) is 2.09. The molecular weight excluding hydrogens is 232 g/mol. The molecule has 0 bridgehead atoms. The molecule has 0 amide bonds. The first-order valence-corrected chi connectivity index (χ1v) is 6.68. The monoisotopic (exact) mass is 254 g/mol. The zero-order valence-corrected chi connectivity index (χ0v) is 11.9. The Balaban J connectivity index is 2.07. The SMILES string of the molecule is Cc1ccc(CN(C)c2ccc(C(C)N)cc2)cc1. The zero-order valence-electron chi connectivity index (χ0n) is 11.9. The molecule has 1 unspecified atom stereocenters. The van der Waals surface area contributed by atoms with Gasteiger partial charge in [-0.2, -0.15) is 0 Å². The maximum Gasteiger partial charge on any atom is 0.0426 e. The van der Waals surface area contributed by atoms with Gasteiger partial charge in [0.1, 0.15) is 0 Å². The van der Waals surface area contributed by atoms with Crippen molar-refractivity contribution in [3.63, 3.8) is 0 Å². The Morgan fingerprint density at radius 3 is 2.11 bits per heavy atom. The molecule has 2 aromatic rings. The van der Waals surface area contributed by atoms with Crippen LogP contribution in [-0.2, 0) is 6.54 Å². The summed E-state index contributed by atoms with van der Waals surface area (Å²) in [7, 11) is 2.11. The summed E-state index contributed by atoms with van der Waals surface area (Å²) < 4.78 is 0. The first-order valence-electron chi connectivity index (χ1n) is 6.68. The van der Waals surface area contributed by atoms with Crippen molar-refractivity contribution in [2.24, 2.45) is 5.73 Å². The lowest BCUT2D eigenvalue weighted by Crippen LogP contribution is -2.16. The third-order valence-corrected chi connectivity index (χ3v) is 3.40. The minimum Gasteiger partial charge on any atom is -0.370 e. The highest BCUT2D eigenvalue weighted by atomic mass is 15.1. The number of nitrogens with two attached hydrogens (primary N) is 1. The van der Waals surface area contributed by atoms with E-state index >= 15 is 0 Å². The minimum atomic E-state index is 0.0939. The summed E-state index contributed by atoms with van der Waals surface area (Å²) in [6.45, 7) is 5.03. The molecule has 2 heteroatoms. The lowest BCUT2D eigenvalue weighted by molar-refractivity contribution is 0.817. The van der Waals surface area contributed by atoms with Gasteiger partial charge in [0.25, 0.3) is 0 Å². The van der Waals surface area contributed by atoms with Crippen molar-refractivity contribution in [3.05, 3.63) is 65.2 Å². The van der Waals surface area contributed by atoms with Gasteiger partial charge in [-0.1, -0.05) is 42.0 Å². The van der Waals surface area contributed by atoms with Crippen LogP contribution in [0.1, 0.15) is 29.7 Å². The second-order valence-electron chi connectivity index (χ2n) is 5.22. The molecule has 0 aliphatic heterocycles. The molecule has 0 radical (unpaired) electrons. The van der Waals surface area contributed by atoms with Crippen LogP contribution in [0.5, 0.6) is 0 Å². The fraction of sp³-hybridized carbons (Fsp3) is 0.294. The summed E-state index contributed by atoms with van der Waals surface area (Å²) in [5, 5.41) is 0. The third kappa shape index (κ3) is 3.58. The number of nitrogens with zero attached hydrogens (tertiary/aromatic N) is 1. The largest absolute Gasteiger partial charge is 0.370 e. The Morgan fingerprint density at radius 2 is 1.58 bits per heavy atom. The Hall–Kier alpha value is -1.80. The molecule has 2 rings (SSSR count). The Morgan fingerprint density at radius 1 is 1.00 bits per heavy atom. The number of hydrogen-bond donors (Lipinski definition) is 1. The van der Waals surface area contributed by atoms with Gasteiger partial charge in [0.2, 0.25) is 0 Å². The van der Waals surface area contributed by atoms with Crippen LogP contribution in [0.3, 0.4) is 0 Å². The van der Waals surface area contributed by atoms with Crippen molar-refractivity contribution in [1.82, 2.24) is 0 Å². The molecule has 2 aromatic carbocycles. The molecule has 0 saturated carbocycles. The van der Waals surface area contributed by atoms with Gasteiger partial charge in [0, 0.05) is 25.3 Å². The van der Waals surface area contributed by atoms with Gasteiger partial charge in [-0.3, -0.25) is 0 Å². The van der Waals surface area contributed by atoms with Gasteiger partial charge in [0.15, 0.2) is 0 Å². The van der Waals surface area contributed by atoms with Crippen LogP contribution >= 0.6 is 0 Å². The van der Waals surface area contributed by atoms with E-state index in [2.05, 4.69) is 67.4 Å². The quantitative estimate of drug-likeness (QED) is 0.902. The van der Waals surface area contributed by atoms with E-state index in [1.165, 1.54) is 22.4 Å². The van der Waals surface area contributed by atoms with Gasteiger partial charge >= 0.3 is 0 Å². The predicted octanol–water partition coefficient (Wildman–Crippen LogP) is 3.65. The Labute approximate surface area is 115 Å². The third-order valence-electron chi connectivity index (χ3n) is 3.40. The number of benzene rings is 2. The van der Waals surface area contributed by atoms with Crippen molar-refractivity contribution < 1.29 is 0 Å². The fourth-order valence-electron chi connectivity index (χ4n) is 2.09. The van der Waals surface area contributed by atoms with E-state index in [1.807, 2.05) is 6.92 Å². The molecule has 0 aliphatic rings. The molecule has 0 heterocycles. The van der Waals surface area contributed by atoms with Crippen LogP contribution in [0.15, 0.2) is 48.5 Å². The summed E-state index contributed by atoms with van der Waals surface area (Å²) in [6.07, 6.45) is 0. The van der Waals surface area contributed by atoms with Gasteiger partial charge in [-0.25, -0.2) is 0 Å². The molecule has 0 fully saturated rings. The van der Waals surface area contributed by atoms with E-state index < -0.39 is 0 Å². The minimum absolute atomic E-state index is 0.0939. The number of rotatable bonds is 4. The van der Waals surface area contributed by atoms with Crippen LogP contribution in [0.4, 0.5) is 5.69 Å². The summed E-state index contributed by atoms with van der Waals surface area (Å²) in [5.41, 5.74) is 10.9. The van der Waals surface area contributed by atoms with Gasteiger partial charge in [0.05, 0.1) is 0 Å². The number of aryl methyl sites for hydroxylation is 1. The van der Waals surface area contributed by atoms with Crippen LogP contribution in [0, 0.1) is 6.92 Å². The number of hydrogen-bond acceptors (Lipinski definition) is 2. The van der Waals surface area contributed by atoms with E-state index in [9.17, 15) is 0 Å². The van der Waals surface area contributed by atoms with Crippen LogP contribution in [0.25, 0.3) is 0 Å². The maximum atomic E-state index is 5.86. The topological polar surface area (TPSA) is 29.3 Å². The summed E-state index contributed by atoms with van der Waals surface area (Å²) >= 11 is 0. The van der Waals surface area contributed by atoms with Crippen molar-refractivity contribution in [2.75, 3.05) is 11.9 Å². The average molecular weight is 254 g/mol. The van der Waals surface area contributed by atoms with Crippen LogP contribution in [0.2, 0.25) is 0 Å². The van der Waals surface area contributed by atoms with E-state index in [0.717, 1.165) is 6.54 Å². The highest BCUT2D eigenvalue weighted by Gasteiger charge is 2.04. The van der Waals surface area contributed by atoms with E-state index in [0.29, 0.717) is 0 Å². The van der Waals surface area contributed by atoms with E-state index in [-0.39, 0.29) is 6.04 Å². The number of anilines is 1. The van der Waals surface area contributed by atoms with Crippen LogP contribution < -0.4 is 10.6 Å². The molecule has 2 N–H and O–H groups in total. The van der Waals surface area contributed by atoms with Crippen molar-refractivity contribution in [3.8, 4) is 0 Å². The molecular formula is C17H22N2. The first kappa shape index (κ1) is 13.6. The van der Waals surface area contributed by atoms with Crippen molar-refractivity contribution in [2.45, 2.75) is 26.4 Å². The first-order chi connectivity index (χ1) is 9.06. The molecule has 0 spiro atoms. The average Bonchev–Trinajstić information content (AvgIpc) is 2.41. The highest BCUT2D eigenvalue weighted by molar-refractivity contribution is 5.47. The summed E-state index contributed by atoms with van der Waals surface area (Å²) in [4.78, 5) is 2.25. The van der Waals surface area contributed by atoms with E-state index in [1.54, 1.807) is 0 Å². The Bertz CT molecular complexity index is 512. The second-order valence-corrected chi connectivity index (χ2v) is 5.22. The smallest absolute Gasteiger partial charge is 0.0426 e. The predicted molar refractivity (Wildman–Crippen MR) is 82.3 cm³/mol. The highest BCUT2D eigenvalue weighted by Crippen LogP contribution is 2.19. The zero-order chi connectivity index (χ0) is 13.8. The van der Waals surface area contributed by atoms with Crippen molar-refractivity contribution >= 4 is 5.69 Å². The summed E-state index contributed by atoms with van der Waals surface area (Å²) in [6, 6.07) is 17.2. The lowest BCUT2D eigenvalue weighted by Gasteiger charge is -2.20. The normalized spacial score (nSPS) is 12.2. The second kappa shape index (κ2) is 5.89. The molecule has 0 saturated heterocycles. The lowest BCUT2D eigenvalue weighted by atomic mass is 10.1. The molecule has 19 heavy (non-hydrogen) atoms. The summed E-state index contributed by atoms with van der Waals surface area (Å²) in [5.74, 6) is 0.